The highest BCUT2D eigenvalue weighted by molar-refractivity contribution is 5.87. The van der Waals surface area contributed by atoms with E-state index in [1.54, 1.807) is 0 Å². The van der Waals surface area contributed by atoms with E-state index in [2.05, 4.69) is 41.3 Å². The van der Waals surface area contributed by atoms with Crippen LogP contribution >= 0.6 is 0 Å². The van der Waals surface area contributed by atoms with Gasteiger partial charge in [-0.25, -0.2) is 9.78 Å². The second-order valence-corrected chi connectivity index (χ2v) is 6.71. The molecule has 21 heavy (non-hydrogen) atoms. The molecule has 1 aliphatic heterocycles. The Kier molecular flexibility index (Phi) is 4.88. The molecule has 0 aliphatic carbocycles. The first-order valence-corrected chi connectivity index (χ1v) is 7.67. The topological polar surface area (TPSA) is 62.2 Å². The van der Waals surface area contributed by atoms with Crippen molar-refractivity contribution in [1.29, 1.82) is 0 Å². The minimum Gasteiger partial charge on any atom is -0.337 e. The first-order valence-electron chi connectivity index (χ1n) is 7.67. The number of rotatable bonds is 4. The van der Waals surface area contributed by atoms with Crippen molar-refractivity contribution in [3.05, 3.63) is 11.9 Å². The van der Waals surface area contributed by atoms with Gasteiger partial charge in [-0.2, -0.15) is 0 Å². The fourth-order valence-electron chi connectivity index (χ4n) is 2.70. The van der Waals surface area contributed by atoms with Gasteiger partial charge in [-0.1, -0.05) is 20.8 Å². The number of hydrogen-bond donors (Lipinski definition) is 2. The number of imidazole rings is 1. The minimum atomic E-state index is -0.191. The molecule has 1 fully saturated rings. The molecule has 0 unspecified atom stereocenters. The van der Waals surface area contributed by atoms with Crippen molar-refractivity contribution in [2.45, 2.75) is 39.0 Å². The van der Waals surface area contributed by atoms with Gasteiger partial charge in [0.25, 0.3) is 0 Å². The smallest absolute Gasteiger partial charge is 0.321 e. The summed E-state index contributed by atoms with van der Waals surface area (Å²) in [6.07, 6.45) is 4.37. The van der Waals surface area contributed by atoms with Crippen LogP contribution in [0.3, 0.4) is 0 Å². The predicted molar refractivity (Wildman–Crippen MR) is 84.6 cm³/mol. The molecule has 1 aromatic rings. The van der Waals surface area contributed by atoms with Crippen molar-refractivity contribution in [3.63, 3.8) is 0 Å². The van der Waals surface area contributed by atoms with E-state index in [1.807, 2.05) is 17.8 Å². The Morgan fingerprint density at radius 2 is 2.00 bits per heavy atom. The largest absolute Gasteiger partial charge is 0.337 e. The summed E-state index contributed by atoms with van der Waals surface area (Å²) in [5, 5.41) is 5.70. The Bertz CT molecular complexity index is 483. The molecule has 0 saturated carbocycles. The second-order valence-electron chi connectivity index (χ2n) is 6.71. The second kappa shape index (κ2) is 6.47. The number of carbonyl (C=O) groups is 1. The quantitative estimate of drug-likeness (QED) is 0.892. The monoisotopic (exact) mass is 293 g/mol. The first kappa shape index (κ1) is 15.8. The molecule has 0 aromatic carbocycles. The summed E-state index contributed by atoms with van der Waals surface area (Å²) in [5.41, 5.74) is 1.10. The molecule has 1 aliphatic rings. The highest BCUT2D eigenvalue weighted by Crippen LogP contribution is 2.23. The zero-order valence-electron chi connectivity index (χ0n) is 13.6. The zero-order chi connectivity index (χ0) is 15.5. The summed E-state index contributed by atoms with van der Waals surface area (Å²) in [5.74, 6) is 0.582. The van der Waals surface area contributed by atoms with Crippen molar-refractivity contribution < 1.29 is 4.79 Å². The first-order chi connectivity index (χ1) is 9.88. The standard InChI is InChI=1S/C15H27N5O/c1-15(2,3)12-11-17-13(19(12)4)18-14(21)16-7-10-20-8-5-6-9-20/h11H,5-10H2,1-4H3,(H2,16,17,18,21). The third-order valence-corrected chi connectivity index (χ3v) is 3.89. The van der Waals surface area contributed by atoms with Crippen LogP contribution in [0.2, 0.25) is 0 Å². The lowest BCUT2D eigenvalue weighted by Crippen LogP contribution is -2.36. The van der Waals surface area contributed by atoms with Gasteiger partial charge in [0.05, 0.1) is 6.20 Å². The van der Waals surface area contributed by atoms with Gasteiger partial charge in [0, 0.05) is 31.2 Å². The van der Waals surface area contributed by atoms with E-state index in [4.69, 9.17) is 0 Å². The molecule has 0 atom stereocenters. The van der Waals surface area contributed by atoms with Crippen LogP contribution in [-0.4, -0.2) is 46.7 Å². The highest BCUT2D eigenvalue weighted by Gasteiger charge is 2.20. The number of urea groups is 1. The Balaban J connectivity index is 1.81. The summed E-state index contributed by atoms with van der Waals surface area (Å²) >= 11 is 0. The van der Waals surface area contributed by atoms with Crippen LogP contribution in [0, 0.1) is 0 Å². The Hall–Kier alpha value is -1.56. The maximum atomic E-state index is 11.9. The average Bonchev–Trinajstić information content (AvgIpc) is 3.00. The molecule has 118 valence electrons. The SMILES string of the molecule is Cn1c(C(C)(C)C)cnc1NC(=O)NCCN1CCCC1. The van der Waals surface area contributed by atoms with E-state index in [-0.39, 0.29) is 11.4 Å². The highest BCUT2D eigenvalue weighted by atomic mass is 16.2. The zero-order valence-corrected chi connectivity index (χ0v) is 13.6. The lowest BCUT2D eigenvalue weighted by molar-refractivity contribution is 0.249. The number of anilines is 1. The van der Waals surface area contributed by atoms with Crippen LogP contribution in [0.15, 0.2) is 6.20 Å². The van der Waals surface area contributed by atoms with Gasteiger partial charge in [-0.15, -0.1) is 0 Å². The molecular formula is C15H27N5O. The van der Waals surface area contributed by atoms with E-state index in [1.165, 1.54) is 12.8 Å². The number of carbonyl (C=O) groups excluding carboxylic acids is 1. The molecule has 2 amide bonds. The third kappa shape index (κ3) is 4.20. The van der Waals surface area contributed by atoms with Gasteiger partial charge >= 0.3 is 6.03 Å². The molecule has 1 saturated heterocycles. The van der Waals surface area contributed by atoms with E-state index in [9.17, 15) is 4.79 Å². The van der Waals surface area contributed by atoms with Crippen LogP contribution in [0.5, 0.6) is 0 Å². The average molecular weight is 293 g/mol. The molecule has 2 heterocycles. The van der Waals surface area contributed by atoms with Gasteiger partial charge in [0.2, 0.25) is 5.95 Å². The van der Waals surface area contributed by atoms with Crippen LogP contribution in [0.25, 0.3) is 0 Å². The lowest BCUT2D eigenvalue weighted by Gasteiger charge is -2.19. The number of aromatic nitrogens is 2. The fourth-order valence-corrected chi connectivity index (χ4v) is 2.70. The Morgan fingerprint density at radius 1 is 1.33 bits per heavy atom. The summed E-state index contributed by atoms with van der Waals surface area (Å²) in [7, 11) is 1.92. The Morgan fingerprint density at radius 3 is 2.57 bits per heavy atom. The van der Waals surface area contributed by atoms with E-state index in [0.29, 0.717) is 12.5 Å². The molecule has 0 spiro atoms. The van der Waals surface area contributed by atoms with Crippen molar-refractivity contribution in [2.24, 2.45) is 7.05 Å². The van der Waals surface area contributed by atoms with Crippen LogP contribution < -0.4 is 10.6 Å². The van der Waals surface area contributed by atoms with Gasteiger partial charge in [-0.05, 0) is 25.9 Å². The number of hydrogen-bond acceptors (Lipinski definition) is 3. The molecule has 6 nitrogen and oxygen atoms in total. The number of amides is 2. The maximum absolute atomic E-state index is 11.9. The van der Waals surface area contributed by atoms with E-state index < -0.39 is 0 Å². The maximum Gasteiger partial charge on any atom is 0.321 e. The molecule has 0 bridgehead atoms. The van der Waals surface area contributed by atoms with Crippen LogP contribution in [0.1, 0.15) is 39.3 Å². The van der Waals surface area contributed by atoms with Crippen molar-refractivity contribution in [2.75, 3.05) is 31.5 Å². The fraction of sp³-hybridized carbons (Fsp3) is 0.733. The lowest BCUT2D eigenvalue weighted by atomic mass is 9.93. The molecule has 2 rings (SSSR count). The van der Waals surface area contributed by atoms with Crippen LogP contribution in [-0.2, 0) is 12.5 Å². The molecule has 1 aromatic heterocycles. The number of likely N-dealkylation sites (tertiary alicyclic amines) is 1. The molecular weight excluding hydrogens is 266 g/mol. The summed E-state index contributed by atoms with van der Waals surface area (Å²) < 4.78 is 1.93. The van der Waals surface area contributed by atoms with E-state index >= 15 is 0 Å². The molecule has 6 heteroatoms. The van der Waals surface area contributed by atoms with Crippen molar-refractivity contribution in [3.8, 4) is 0 Å². The summed E-state index contributed by atoms with van der Waals surface area (Å²) in [6, 6.07) is -0.191. The summed E-state index contributed by atoms with van der Waals surface area (Å²) in [4.78, 5) is 18.6. The van der Waals surface area contributed by atoms with Crippen molar-refractivity contribution in [1.82, 2.24) is 19.8 Å². The summed E-state index contributed by atoms with van der Waals surface area (Å²) in [6.45, 7) is 10.3. The van der Waals surface area contributed by atoms with Gasteiger partial charge < -0.3 is 14.8 Å². The van der Waals surface area contributed by atoms with Gasteiger partial charge in [0.15, 0.2) is 0 Å². The predicted octanol–water partition coefficient (Wildman–Crippen LogP) is 1.93. The third-order valence-electron chi connectivity index (χ3n) is 3.89. The van der Waals surface area contributed by atoms with Gasteiger partial charge in [0.1, 0.15) is 0 Å². The van der Waals surface area contributed by atoms with E-state index in [0.717, 1.165) is 25.3 Å². The van der Waals surface area contributed by atoms with Gasteiger partial charge in [-0.3, -0.25) is 5.32 Å². The number of nitrogens with zero attached hydrogens (tertiary/aromatic N) is 3. The normalized spacial score (nSPS) is 16.2. The Labute approximate surface area is 126 Å². The minimum absolute atomic E-state index is 0.00785. The number of nitrogens with one attached hydrogen (secondary N) is 2. The molecule has 2 N–H and O–H groups in total. The van der Waals surface area contributed by atoms with Crippen molar-refractivity contribution >= 4 is 12.0 Å². The van der Waals surface area contributed by atoms with Crippen LogP contribution in [0.4, 0.5) is 10.7 Å². The molecule has 0 radical (unpaired) electrons.